The number of sulfonamides is 1. The van der Waals surface area contributed by atoms with Gasteiger partial charge in [-0.25, -0.2) is 8.42 Å². The Morgan fingerprint density at radius 2 is 1.67 bits per heavy atom. The van der Waals surface area contributed by atoms with Gasteiger partial charge in [-0.3, -0.25) is 9.69 Å². The van der Waals surface area contributed by atoms with Crippen molar-refractivity contribution in [3.05, 3.63) is 53.4 Å². The summed E-state index contributed by atoms with van der Waals surface area (Å²) in [5.74, 6) is -0.00758. The van der Waals surface area contributed by atoms with Gasteiger partial charge in [-0.2, -0.15) is 4.31 Å². The Bertz CT molecular complexity index is 916. The highest BCUT2D eigenvalue weighted by atomic mass is 32.2. The van der Waals surface area contributed by atoms with E-state index in [0.717, 1.165) is 32.5 Å². The van der Waals surface area contributed by atoms with Crippen molar-refractivity contribution >= 4 is 27.3 Å². The van der Waals surface area contributed by atoms with E-state index in [1.165, 1.54) is 21.2 Å². The van der Waals surface area contributed by atoms with Gasteiger partial charge in [0.25, 0.3) is 10.0 Å². The molecule has 2 aliphatic rings. The van der Waals surface area contributed by atoms with E-state index in [4.69, 9.17) is 0 Å². The van der Waals surface area contributed by atoms with Crippen molar-refractivity contribution in [1.82, 2.24) is 14.5 Å². The van der Waals surface area contributed by atoms with E-state index in [-0.39, 0.29) is 17.9 Å². The summed E-state index contributed by atoms with van der Waals surface area (Å²) in [6.45, 7) is 3.75. The zero-order valence-corrected chi connectivity index (χ0v) is 18.7. The number of amides is 1. The minimum absolute atomic E-state index is 0.0877. The molecular formula is C22H29N3O3S2. The van der Waals surface area contributed by atoms with Crippen LogP contribution in [0.15, 0.2) is 52.1 Å². The van der Waals surface area contributed by atoms with Crippen LogP contribution in [0.1, 0.15) is 31.2 Å². The number of hydrogen-bond acceptors (Lipinski definition) is 5. The third-order valence-corrected chi connectivity index (χ3v) is 9.37. The molecule has 0 radical (unpaired) electrons. The zero-order chi connectivity index (χ0) is 21.0. The van der Waals surface area contributed by atoms with Crippen LogP contribution < -0.4 is 5.32 Å². The monoisotopic (exact) mass is 447 g/mol. The van der Waals surface area contributed by atoms with Gasteiger partial charge in [0.1, 0.15) is 4.21 Å². The van der Waals surface area contributed by atoms with Crippen molar-refractivity contribution in [3.8, 4) is 0 Å². The lowest BCUT2D eigenvalue weighted by molar-refractivity contribution is -0.127. The van der Waals surface area contributed by atoms with Crippen LogP contribution in [0.25, 0.3) is 0 Å². The summed E-state index contributed by atoms with van der Waals surface area (Å²) in [6, 6.07) is 14.1. The summed E-state index contributed by atoms with van der Waals surface area (Å²) in [5.41, 5.74) is 1.32. The van der Waals surface area contributed by atoms with Gasteiger partial charge >= 0.3 is 0 Å². The molecule has 4 rings (SSSR count). The molecule has 1 aromatic heterocycles. The molecule has 0 aliphatic carbocycles. The van der Waals surface area contributed by atoms with Gasteiger partial charge in [-0.05, 0) is 42.7 Å². The Balaban J connectivity index is 1.21. The highest BCUT2D eigenvalue weighted by molar-refractivity contribution is 7.91. The molecule has 3 heterocycles. The highest BCUT2D eigenvalue weighted by Gasteiger charge is 2.33. The molecule has 0 bridgehead atoms. The maximum absolute atomic E-state index is 12.7. The van der Waals surface area contributed by atoms with Crippen LogP contribution in [0.5, 0.6) is 0 Å². The van der Waals surface area contributed by atoms with E-state index in [1.807, 2.05) is 6.07 Å². The lowest BCUT2D eigenvalue weighted by Gasteiger charge is -2.34. The first-order valence-corrected chi connectivity index (χ1v) is 12.9. The van der Waals surface area contributed by atoms with E-state index in [2.05, 4.69) is 34.5 Å². The summed E-state index contributed by atoms with van der Waals surface area (Å²) in [4.78, 5) is 15.2. The minimum Gasteiger partial charge on any atom is -0.353 e. The predicted molar refractivity (Wildman–Crippen MR) is 119 cm³/mol. The van der Waals surface area contributed by atoms with E-state index < -0.39 is 10.0 Å². The average Bonchev–Trinajstić information content (AvgIpc) is 3.32. The normalized spacial score (nSPS) is 20.3. The molecule has 1 amide bonds. The van der Waals surface area contributed by atoms with Gasteiger partial charge < -0.3 is 5.32 Å². The van der Waals surface area contributed by atoms with Crippen LogP contribution in [0.2, 0.25) is 0 Å². The molecule has 1 aromatic carbocycles. The van der Waals surface area contributed by atoms with Crippen LogP contribution in [-0.2, 0) is 21.4 Å². The molecule has 2 saturated heterocycles. The summed E-state index contributed by atoms with van der Waals surface area (Å²) >= 11 is 1.24. The number of nitrogens with one attached hydrogen (secondary N) is 1. The number of rotatable bonds is 6. The van der Waals surface area contributed by atoms with Crippen LogP contribution in [-0.4, -0.2) is 55.8 Å². The SMILES string of the molecule is O=C(NC1CCN(Cc2ccccc2)CC1)C1CCN(S(=O)(=O)c2cccs2)CC1. The quantitative estimate of drug-likeness (QED) is 0.739. The molecule has 0 unspecified atom stereocenters. The second kappa shape index (κ2) is 9.60. The van der Waals surface area contributed by atoms with E-state index in [1.54, 1.807) is 17.5 Å². The third-order valence-electron chi connectivity index (χ3n) is 6.10. The van der Waals surface area contributed by atoms with E-state index in [9.17, 15) is 13.2 Å². The number of piperidine rings is 2. The Morgan fingerprint density at radius 1 is 0.967 bits per heavy atom. The van der Waals surface area contributed by atoms with Crippen LogP contribution in [0.4, 0.5) is 0 Å². The molecule has 0 atom stereocenters. The number of benzene rings is 1. The summed E-state index contributed by atoms with van der Waals surface area (Å²) in [5, 5.41) is 5.00. The standard InChI is InChI=1S/C22H29N3O3S2/c26-22(19-8-14-25(15-9-19)30(27,28)21-7-4-16-29-21)23-20-10-12-24(13-11-20)17-18-5-2-1-3-6-18/h1-7,16,19-20H,8-15,17H2,(H,23,26). The fraction of sp³-hybridized carbons (Fsp3) is 0.500. The predicted octanol–water partition coefficient (Wildman–Crippen LogP) is 2.93. The molecule has 0 saturated carbocycles. The van der Waals surface area contributed by atoms with Crippen molar-refractivity contribution in [2.24, 2.45) is 5.92 Å². The lowest BCUT2D eigenvalue weighted by Crippen LogP contribution is -2.48. The molecule has 30 heavy (non-hydrogen) atoms. The van der Waals surface area contributed by atoms with Crippen LogP contribution in [0, 0.1) is 5.92 Å². The number of nitrogens with zero attached hydrogens (tertiary/aromatic N) is 2. The lowest BCUT2D eigenvalue weighted by atomic mass is 9.95. The highest BCUT2D eigenvalue weighted by Crippen LogP contribution is 2.26. The Kier molecular flexibility index (Phi) is 6.87. The summed E-state index contributed by atoms with van der Waals surface area (Å²) in [7, 11) is -3.41. The number of carbonyl (C=O) groups is 1. The minimum atomic E-state index is -3.41. The average molecular weight is 448 g/mol. The van der Waals surface area contributed by atoms with Gasteiger partial charge in [-0.15, -0.1) is 11.3 Å². The molecule has 8 heteroatoms. The first-order chi connectivity index (χ1) is 14.5. The molecule has 6 nitrogen and oxygen atoms in total. The molecule has 162 valence electrons. The number of thiophene rings is 1. The first kappa shape index (κ1) is 21.5. The Morgan fingerprint density at radius 3 is 2.30 bits per heavy atom. The molecular weight excluding hydrogens is 418 g/mol. The molecule has 2 aliphatic heterocycles. The Hall–Kier alpha value is -1.74. The van der Waals surface area contributed by atoms with Gasteiger partial charge in [0.05, 0.1) is 0 Å². The first-order valence-electron chi connectivity index (χ1n) is 10.6. The van der Waals surface area contributed by atoms with Gasteiger partial charge in [-0.1, -0.05) is 36.4 Å². The molecule has 1 N–H and O–H groups in total. The topological polar surface area (TPSA) is 69.7 Å². The molecule has 2 aromatic rings. The second-order valence-corrected chi connectivity index (χ2v) is 11.3. The summed E-state index contributed by atoms with van der Waals surface area (Å²) < 4.78 is 27.2. The number of hydrogen-bond donors (Lipinski definition) is 1. The summed E-state index contributed by atoms with van der Waals surface area (Å²) in [6.07, 6.45) is 3.10. The molecule has 0 spiro atoms. The van der Waals surface area contributed by atoms with E-state index in [0.29, 0.717) is 30.1 Å². The maximum atomic E-state index is 12.7. The van der Waals surface area contributed by atoms with Crippen LogP contribution in [0.3, 0.4) is 0 Å². The van der Waals surface area contributed by atoms with Crippen LogP contribution >= 0.6 is 11.3 Å². The molecule has 2 fully saturated rings. The zero-order valence-electron chi connectivity index (χ0n) is 17.1. The largest absolute Gasteiger partial charge is 0.353 e. The van der Waals surface area contributed by atoms with Gasteiger partial charge in [0.2, 0.25) is 5.91 Å². The smallest absolute Gasteiger partial charge is 0.252 e. The fourth-order valence-electron chi connectivity index (χ4n) is 4.29. The number of likely N-dealkylation sites (tertiary alicyclic amines) is 1. The maximum Gasteiger partial charge on any atom is 0.252 e. The van der Waals surface area contributed by atoms with Crippen molar-refractivity contribution in [2.75, 3.05) is 26.2 Å². The van der Waals surface area contributed by atoms with Crippen molar-refractivity contribution in [2.45, 2.75) is 42.5 Å². The second-order valence-electron chi connectivity index (χ2n) is 8.16. The van der Waals surface area contributed by atoms with Gasteiger partial charge in [0.15, 0.2) is 0 Å². The fourth-order valence-corrected chi connectivity index (χ4v) is 6.91. The Labute approximate surface area is 182 Å². The number of carbonyl (C=O) groups excluding carboxylic acids is 1. The van der Waals surface area contributed by atoms with Crippen molar-refractivity contribution in [1.29, 1.82) is 0 Å². The van der Waals surface area contributed by atoms with Gasteiger partial charge in [0, 0.05) is 44.7 Å². The third kappa shape index (κ3) is 5.11. The van der Waals surface area contributed by atoms with Crippen molar-refractivity contribution in [3.63, 3.8) is 0 Å². The van der Waals surface area contributed by atoms with E-state index >= 15 is 0 Å². The van der Waals surface area contributed by atoms with Crippen molar-refractivity contribution < 1.29 is 13.2 Å².